The number of nitrogens with zero attached hydrogens (tertiary/aromatic N) is 1. The fourth-order valence-corrected chi connectivity index (χ4v) is 18.9. The van der Waals surface area contributed by atoms with Gasteiger partial charge in [0.2, 0.25) is 5.91 Å². The molecule has 3 aliphatic carbocycles. The molecule has 0 aromatic heterocycles. The molecule has 14 atom stereocenters. The molecule has 8 rings (SSSR count). The lowest BCUT2D eigenvalue weighted by molar-refractivity contribution is -0.213. The maximum absolute atomic E-state index is 12.4. The molecule has 2 N–H and O–H groups in total. The monoisotopic (exact) mass is 702 g/mol. The molecule has 2 spiro atoms. The van der Waals surface area contributed by atoms with Crippen LogP contribution in [-0.4, -0.2) is 107 Å². The van der Waals surface area contributed by atoms with Gasteiger partial charge < -0.3 is 29.4 Å². The van der Waals surface area contributed by atoms with Crippen molar-refractivity contribution in [1.82, 2.24) is 10.2 Å². The number of carbonyl (C=O) groups excluding carboxylic acids is 2. The average molecular weight is 703 g/mol. The molecule has 9 nitrogen and oxygen atoms in total. The Bertz CT molecular complexity index is 1350. The summed E-state index contributed by atoms with van der Waals surface area (Å²) in [5, 5.41) is 14.6. The van der Waals surface area contributed by atoms with Crippen molar-refractivity contribution >= 4 is 19.8 Å². The molecule has 0 aromatic rings. The molecule has 276 valence electrons. The highest BCUT2D eigenvalue weighted by molar-refractivity contribution is 7.61. The summed E-state index contributed by atoms with van der Waals surface area (Å²) in [6.07, 6.45) is 10.8. The normalized spacial score (nSPS) is 51.0. The molecule has 5 unspecified atom stereocenters. The molecule has 5 heterocycles. The minimum Gasteiger partial charge on any atom is -0.457 e. The van der Waals surface area contributed by atoms with Gasteiger partial charge in [-0.25, -0.2) is 0 Å². The zero-order chi connectivity index (χ0) is 34.9. The third-order valence-electron chi connectivity index (χ3n) is 16.2. The lowest BCUT2D eigenvalue weighted by Crippen LogP contribution is -2.58. The van der Waals surface area contributed by atoms with Crippen LogP contribution in [0.1, 0.15) is 113 Å². The molecule has 49 heavy (non-hydrogen) atoms. The minimum atomic E-state index is -1.17. The van der Waals surface area contributed by atoms with Crippen molar-refractivity contribution in [3.05, 3.63) is 0 Å². The van der Waals surface area contributed by atoms with Crippen LogP contribution in [0.3, 0.4) is 0 Å². The van der Waals surface area contributed by atoms with Crippen molar-refractivity contribution in [1.29, 1.82) is 0 Å². The maximum atomic E-state index is 12.4. The Morgan fingerprint density at radius 2 is 1.90 bits per heavy atom. The molecule has 3 saturated carbocycles. The summed E-state index contributed by atoms with van der Waals surface area (Å²) in [6.45, 7) is 20.4. The number of hydrogen-bond donors (Lipinski definition) is 2. The van der Waals surface area contributed by atoms with Crippen LogP contribution in [-0.2, 0) is 28.5 Å². The van der Waals surface area contributed by atoms with Crippen LogP contribution < -0.4 is 5.32 Å². The zero-order valence-electron chi connectivity index (χ0n) is 31.4. The van der Waals surface area contributed by atoms with Gasteiger partial charge in [-0.15, -0.1) is 0 Å². The second-order valence-corrected chi connectivity index (χ2v) is 22.6. The van der Waals surface area contributed by atoms with Crippen molar-refractivity contribution in [2.45, 2.75) is 166 Å². The SMILES string of the molecule is CC(=O)O[C@@H](C1C[C@@H](C)C2C(C[C@@]3(C)[C@@H]4CCP5C(C)(C)[C@@H](OC6CN([C@H]7CCNC7=O)CCO6)CC[C@@]56C[C@@]46CC[C@]23C)O1)C(C)(C)O. The summed E-state index contributed by atoms with van der Waals surface area (Å²) in [4.78, 5) is 26.8. The Hall–Kier alpha value is -0.830. The van der Waals surface area contributed by atoms with Gasteiger partial charge in [-0.3, -0.25) is 14.5 Å². The average Bonchev–Trinajstić information content (AvgIpc) is 3.36. The van der Waals surface area contributed by atoms with Crippen LogP contribution in [0.2, 0.25) is 0 Å². The number of esters is 1. The highest BCUT2D eigenvalue weighted by Gasteiger charge is 2.83. The fourth-order valence-electron chi connectivity index (χ4n) is 14.0. The summed E-state index contributed by atoms with van der Waals surface area (Å²) < 4.78 is 25.9. The van der Waals surface area contributed by atoms with Crippen LogP contribution in [0.25, 0.3) is 0 Å². The molecule has 0 aromatic carbocycles. The van der Waals surface area contributed by atoms with E-state index in [4.69, 9.17) is 18.9 Å². The minimum absolute atomic E-state index is 0.0440. The number of ether oxygens (including phenoxy) is 4. The Morgan fingerprint density at radius 1 is 1.12 bits per heavy atom. The smallest absolute Gasteiger partial charge is 0.303 e. The lowest BCUT2D eigenvalue weighted by atomic mass is 9.46. The largest absolute Gasteiger partial charge is 0.457 e. The predicted octanol–water partition coefficient (Wildman–Crippen LogP) is 5.44. The first-order valence-electron chi connectivity index (χ1n) is 19.6. The number of amides is 1. The van der Waals surface area contributed by atoms with Crippen LogP contribution in [0.4, 0.5) is 0 Å². The van der Waals surface area contributed by atoms with E-state index >= 15 is 0 Å². The van der Waals surface area contributed by atoms with Gasteiger partial charge in [-0.1, -0.05) is 42.5 Å². The molecule has 5 saturated heterocycles. The topological polar surface area (TPSA) is 107 Å². The van der Waals surface area contributed by atoms with Gasteiger partial charge in [-0.2, -0.15) is 0 Å². The number of fused-ring (bicyclic) bond motifs is 4. The van der Waals surface area contributed by atoms with Crippen molar-refractivity contribution in [3.8, 4) is 0 Å². The van der Waals surface area contributed by atoms with E-state index in [1.54, 1.807) is 13.8 Å². The number of carbonyl (C=O) groups is 2. The first-order chi connectivity index (χ1) is 23.0. The van der Waals surface area contributed by atoms with Crippen LogP contribution in [0.5, 0.6) is 0 Å². The third kappa shape index (κ3) is 5.04. The summed E-state index contributed by atoms with van der Waals surface area (Å²) in [5.41, 5.74) is -0.324. The highest BCUT2D eigenvalue weighted by Crippen LogP contribution is 2.92. The molecule has 0 bridgehead atoms. The van der Waals surface area contributed by atoms with Gasteiger partial charge in [0.1, 0.15) is 0 Å². The van der Waals surface area contributed by atoms with Crippen molar-refractivity contribution in [3.63, 3.8) is 0 Å². The fraction of sp³-hybridized carbons (Fsp3) is 0.949. The summed E-state index contributed by atoms with van der Waals surface area (Å²) in [6, 6.07) is -0.0440. The highest BCUT2D eigenvalue weighted by atomic mass is 31.1. The van der Waals surface area contributed by atoms with Crippen LogP contribution in [0, 0.1) is 34.0 Å². The molecule has 10 heteroatoms. The maximum Gasteiger partial charge on any atom is 0.303 e. The Morgan fingerprint density at radius 3 is 2.59 bits per heavy atom. The van der Waals surface area contributed by atoms with E-state index in [-0.39, 0.29) is 66.4 Å². The van der Waals surface area contributed by atoms with Gasteiger partial charge in [0.15, 0.2) is 12.4 Å². The van der Waals surface area contributed by atoms with Crippen LogP contribution in [0.15, 0.2) is 0 Å². The van der Waals surface area contributed by atoms with E-state index in [1.165, 1.54) is 45.2 Å². The van der Waals surface area contributed by atoms with Crippen molar-refractivity contribution < 1.29 is 33.6 Å². The number of hydrogen-bond acceptors (Lipinski definition) is 8. The predicted molar refractivity (Wildman–Crippen MR) is 188 cm³/mol. The van der Waals surface area contributed by atoms with E-state index in [1.807, 2.05) is 0 Å². The summed E-state index contributed by atoms with van der Waals surface area (Å²) in [7, 11) is -0.229. The zero-order valence-corrected chi connectivity index (χ0v) is 32.3. The second-order valence-electron chi connectivity index (χ2n) is 19.2. The Kier molecular flexibility index (Phi) is 8.32. The van der Waals surface area contributed by atoms with E-state index < -0.39 is 11.7 Å². The molecule has 8 aliphatic rings. The van der Waals surface area contributed by atoms with E-state index in [0.29, 0.717) is 41.5 Å². The number of nitrogens with one attached hydrogen (secondary N) is 1. The van der Waals surface area contributed by atoms with Gasteiger partial charge >= 0.3 is 5.97 Å². The molecule has 5 aliphatic heterocycles. The summed E-state index contributed by atoms with van der Waals surface area (Å²) >= 11 is 0. The summed E-state index contributed by atoms with van der Waals surface area (Å²) in [5.74, 6) is 1.41. The van der Waals surface area contributed by atoms with Crippen LogP contribution >= 0.6 is 7.92 Å². The number of morpholine rings is 1. The lowest BCUT2D eigenvalue weighted by Gasteiger charge is -2.63. The Labute approximate surface area is 295 Å². The molecule has 0 radical (unpaired) electrons. The van der Waals surface area contributed by atoms with Gasteiger partial charge in [0.25, 0.3) is 0 Å². The number of aliphatic hydroxyl groups is 1. The van der Waals surface area contributed by atoms with E-state index in [2.05, 4.69) is 44.8 Å². The standard InChI is InChI=1S/C39H63N2O7P/c1-23-19-26(32(34(3,4)44)46-24(2)42)47-27-20-37(8)28-11-18-49-35(5,6)29(48-30-21-41(16-17-45-30)25-10-15-40-33(25)43)9-12-39(49)22-38(28,39)14-13-36(37,7)31(23)27/h23,25-32,44H,9-22H2,1-8H3,(H,40,43)/t23-,25+,26?,27?,28+,29+,30?,31?,32+,36-,37+,38+,39+,49?/m1/s1. The molecular weight excluding hydrogens is 639 g/mol. The number of rotatable bonds is 6. The third-order valence-corrected chi connectivity index (χ3v) is 20.4. The first-order valence-corrected chi connectivity index (χ1v) is 21.1. The molecular formula is C39H63N2O7P. The quantitative estimate of drug-likeness (QED) is 0.279. The first kappa shape index (κ1) is 35.2. The van der Waals surface area contributed by atoms with Gasteiger partial charge in [-0.05, 0) is 117 Å². The molecule has 8 fully saturated rings. The van der Waals surface area contributed by atoms with Gasteiger partial charge in [0.05, 0.1) is 43.1 Å². The van der Waals surface area contributed by atoms with Crippen molar-refractivity contribution in [2.24, 2.45) is 34.0 Å². The second kappa shape index (κ2) is 11.6. The Balaban J connectivity index is 0.995. The van der Waals surface area contributed by atoms with Crippen molar-refractivity contribution in [2.75, 3.05) is 32.4 Å². The molecule has 1 amide bonds. The van der Waals surface area contributed by atoms with E-state index in [0.717, 1.165) is 38.8 Å². The van der Waals surface area contributed by atoms with E-state index in [9.17, 15) is 14.7 Å². The van der Waals surface area contributed by atoms with Gasteiger partial charge in [0, 0.05) is 25.2 Å².